The molecule has 0 aromatic heterocycles. The van der Waals surface area contributed by atoms with Crippen LogP contribution in [0.4, 0.5) is 18.9 Å². The first-order valence-corrected chi connectivity index (χ1v) is 7.17. The van der Waals surface area contributed by atoms with E-state index in [0.717, 1.165) is 17.8 Å². The molecular formula is C13H7BrF3NO2S. The summed E-state index contributed by atoms with van der Waals surface area (Å²) < 4.78 is 38.4. The first kappa shape index (κ1) is 15.8. The van der Waals surface area contributed by atoms with Crippen LogP contribution in [0.2, 0.25) is 0 Å². The van der Waals surface area contributed by atoms with E-state index >= 15 is 0 Å². The molecule has 0 heterocycles. The predicted molar refractivity (Wildman–Crippen MR) is 76.4 cm³/mol. The van der Waals surface area contributed by atoms with Crippen molar-refractivity contribution < 1.29 is 18.1 Å². The minimum absolute atomic E-state index is 0.0250. The van der Waals surface area contributed by atoms with Gasteiger partial charge >= 0.3 is 6.18 Å². The summed E-state index contributed by atoms with van der Waals surface area (Å²) in [4.78, 5) is 11.0. The second-order valence-electron chi connectivity index (χ2n) is 3.99. The van der Waals surface area contributed by atoms with Crippen LogP contribution in [0.1, 0.15) is 5.56 Å². The maximum atomic E-state index is 12.8. The van der Waals surface area contributed by atoms with Gasteiger partial charge in [0, 0.05) is 26.4 Å². The number of rotatable bonds is 3. The molecule has 0 fully saturated rings. The Hall–Kier alpha value is -1.54. The number of benzene rings is 2. The summed E-state index contributed by atoms with van der Waals surface area (Å²) in [5.74, 6) is 0. The lowest BCUT2D eigenvalue weighted by Gasteiger charge is -2.10. The quantitative estimate of drug-likeness (QED) is 0.521. The molecule has 0 saturated heterocycles. The van der Waals surface area contributed by atoms with Crippen LogP contribution in [0.3, 0.4) is 0 Å². The minimum atomic E-state index is -4.44. The third kappa shape index (κ3) is 3.98. The van der Waals surface area contributed by atoms with Crippen molar-refractivity contribution in [2.75, 3.05) is 0 Å². The molecule has 3 nitrogen and oxygen atoms in total. The summed E-state index contributed by atoms with van der Waals surface area (Å²) in [6.07, 6.45) is -4.44. The SMILES string of the molecule is O=[N+]([O-])c1ccc(Sc2ccc(Br)c(C(F)(F)F)c2)cc1. The lowest BCUT2D eigenvalue weighted by Crippen LogP contribution is -2.05. The largest absolute Gasteiger partial charge is 0.417 e. The van der Waals surface area contributed by atoms with E-state index in [1.165, 1.54) is 30.3 Å². The Morgan fingerprint density at radius 2 is 1.62 bits per heavy atom. The fourth-order valence-electron chi connectivity index (χ4n) is 1.56. The van der Waals surface area contributed by atoms with Gasteiger partial charge in [-0.25, -0.2) is 0 Å². The Kier molecular flexibility index (Phi) is 4.58. The molecule has 2 aromatic rings. The van der Waals surface area contributed by atoms with Gasteiger partial charge < -0.3 is 0 Å². The van der Waals surface area contributed by atoms with Crippen LogP contribution in [0.25, 0.3) is 0 Å². The Labute approximate surface area is 130 Å². The van der Waals surface area contributed by atoms with E-state index < -0.39 is 16.7 Å². The highest BCUT2D eigenvalue weighted by Gasteiger charge is 2.33. The van der Waals surface area contributed by atoms with Crippen molar-refractivity contribution in [2.24, 2.45) is 0 Å². The fourth-order valence-corrected chi connectivity index (χ4v) is 2.89. The highest BCUT2D eigenvalue weighted by atomic mass is 79.9. The van der Waals surface area contributed by atoms with Gasteiger partial charge in [0.15, 0.2) is 0 Å². The summed E-state index contributed by atoms with van der Waals surface area (Å²) in [5, 5.41) is 10.5. The summed E-state index contributed by atoms with van der Waals surface area (Å²) in [5.41, 5.74) is -0.819. The molecule has 8 heteroatoms. The van der Waals surface area contributed by atoms with Crippen LogP contribution in [0, 0.1) is 10.1 Å². The lowest BCUT2D eigenvalue weighted by atomic mass is 10.2. The molecule has 0 aliphatic carbocycles. The summed E-state index contributed by atoms with van der Waals surface area (Å²) in [7, 11) is 0. The Morgan fingerprint density at radius 3 is 2.14 bits per heavy atom. The molecular weight excluding hydrogens is 371 g/mol. The molecule has 0 N–H and O–H groups in total. The van der Waals surface area contributed by atoms with Crippen LogP contribution < -0.4 is 0 Å². The number of nitrogens with zero attached hydrogens (tertiary/aromatic N) is 1. The van der Waals surface area contributed by atoms with E-state index in [1.807, 2.05) is 0 Å². The first-order chi connectivity index (χ1) is 9.77. The number of non-ortho nitro benzene ring substituents is 1. The molecule has 0 atom stereocenters. The average molecular weight is 378 g/mol. The van der Waals surface area contributed by atoms with Crippen molar-refractivity contribution in [1.82, 2.24) is 0 Å². The number of halogens is 4. The standard InChI is InChI=1S/C13H7BrF3NO2S/c14-12-6-5-10(7-11(12)13(15,16)17)21-9-3-1-8(2-4-9)18(19)20/h1-7H. The molecule has 0 radical (unpaired) electrons. The van der Waals surface area contributed by atoms with Crippen molar-refractivity contribution >= 4 is 33.4 Å². The van der Waals surface area contributed by atoms with E-state index in [-0.39, 0.29) is 10.2 Å². The van der Waals surface area contributed by atoms with Gasteiger partial charge in [-0.3, -0.25) is 10.1 Å². The maximum absolute atomic E-state index is 12.8. The van der Waals surface area contributed by atoms with Crippen molar-refractivity contribution in [3.8, 4) is 0 Å². The van der Waals surface area contributed by atoms with Crippen molar-refractivity contribution in [2.45, 2.75) is 16.0 Å². The predicted octanol–water partition coefficient (Wildman–Crippen LogP) is 5.53. The van der Waals surface area contributed by atoms with E-state index in [2.05, 4.69) is 15.9 Å². The van der Waals surface area contributed by atoms with Gasteiger partial charge in [-0.2, -0.15) is 13.2 Å². The van der Waals surface area contributed by atoms with Crippen LogP contribution >= 0.6 is 27.7 Å². The molecule has 0 spiro atoms. The third-order valence-corrected chi connectivity index (χ3v) is 4.22. The van der Waals surface area contributed by atoms with Gasteiger partial charge in [-0.15, -0.1) is 0 Å². The Balaban J connectivity index is 2.26. The van der Waals surface area contributed by atoms with E-state index in [0.29, 0.717) is 9.79 Å². The molecule has 2 aromatic carbocycles. The number of alkyl halides is 3. The maximum Gasteiger partial charge on any atom is 0.417 e. The highest BCUT2D eigenvalue weighted by molar-refractivity contribution is 9.10. The van der Waals surface area contributed by atoms with Crippen molar-refractivity contribution in [3.05, 3.63) is 62.6 Å². The Morgan fingerprint density at radius 1 is 1.05 bits per heavy atom. The van der Waals surface area contributed by atoms with Gasteiger partial charge in [0.05, 0.1) is 10.5 Å². The monoisotopic (exact) mass is 377 g/mol. The molecule has 0 bridgehead atoms. The van der Waals surface area contributed by atoms with Crippen molar-refractivity contribution in [3.63, 3.8) is 0 Å². The number of nitro groups is 1. The topological polar surface area (TPSA) is 43.1 Å². The van der Waals surface area contributed by atoms with Gasteiger partial charge in [-0.05, 0) is 30.3 Å². The zero-order valence-corrected chi connectivity index (χ0v) is 12.6. The first-order valence-electron chi connectivity index (χ1n) is 5.56. The van der Waals surface area contributed by atoms with Gasteiger partial charge in [0.25, 0.3) is 5.69 Å². The normalized spacial score (nSPS) is 11.4. The second-order valence-corrected chi connectivity index (χ2v) is 5.99. The zero-order chi connectivity index (χ0) is 15.6. The fraction of sp³-hybridized carbons (Fsp3) is 0.0769. The number of hydrogen-bond acceptors (Lipinski definition) is 3. The zero-order valence-electron chi connectivity index (χ0n) is 10.2. The summed E-state index contributed by atoms with van der Waals surface area (Å²) >= 11 is 3.98. The van der Waals surface area contributed by atoms with Gasteiger partial charge in [0.2, 0.25) is 0 Å². The molecule has 2 rings (SSSR count). The summed E-state index contributed by atoms with van der Waals surface area (Å²) in [6, 6.07) is 9.53. The average Bonchev–Trinajstić information content (AvgIpc) is 2.40. The molecule has 0 aliphatic heterocycles. The van der Waals surface area contributed by atoms with Gasteiger partial charge in [-0.1, -0.05) is 27.7 Å². The van der Waals surface area contributed by atoms with E-state index in [9.17, 15) is 23.3 Å². The van der Waals surface area contributed by atoms with Crippen LogP contribution in [0.15, 0.2) is 56.7 Å². The molecule has 0 saturated carbocycles. The van der Waals surface area contributed by atoms with Crippen LogP contribution in [-0.2, 0) is 6.18 Å². The molecule has 110 valence electrons. The summed E-state index contributed by atoms with van der Waals surface area (Å²) in [6.45, 7) is 0. The minimum Gasteiger partial charge on any atom is -0.258 e. The van der Waals surface area contributed by atoms with Crippen molar-refractivity contribution in [1.29, 1.82) is 0 Å². The lowest BCUT2D eigenvalue weighted by molar-refractivity contribution is -0.384. The van der Waals surface area contributed by atoms with Gasteiger partial charge in [0.1, 0.15) is 0 Å². The molecule has 0 aliphatic rings. The van der Waals surface area contributed by atoms with E-state index in [4.69, 9.17) is 0 Å². The number of nitro benzene ring substituents is 1. The third-order valence-electron chi connectivity index (χ3n) is 2.53. The molecule has 21 heavy (non-hydrogen) atoms. The highest BCUT2D eigenvalue weighted by Crippen LogP contribution is 2.38. The molecule has 0 amide bonds. The smallest absolute Gasteiger partial charge is 0.258 e. The van der Waals surface area contributed by atoms with E-state index in [1.54, 1.807) is 6.07 Å². The Bertz CT molecular complexity index is 674. The van der Waals surface area contributed by atoms with Crippen LogP contribution in [-0.4, -0.2) is 4.92 Å². The van der Waals surface area contributed by atoms with Crippen LogP contribution in [0.5, 0.6) is 0 Å². The second kappa shape index (κ2) is 6.07. The number of hydrogen-bond donors (Lipinski definition) is 0. The molecule has 0 unspecified atom stereocenters.